The lowest BCUT2D eigenvalue weighted by Crippen LogP contribution is -2.07. The summed E-state index contributed by atoms with van der Waals surface area (Å²) in [6.45, 7) is 2.86. The van der Waals surface area contributed by atoms with Gasteiger partial charge in [0.15, 0.2) is 0 Å². The number of esters is 1. The van der Waals surface area contributed by atoms with Gasteiger partial charge in [0.25, 0.3) is 0 Å². The number of benzene rings is 3. The first-order valence-corrected chi connectivity index (χ1v) is 16.0. The second-order valence-corrected chi connectivity index (χ2v) is 11.3. The Balaban J connectivity index is 1.20. The summed E-state index contributed by atoms with van der Waals surface area (Å²) in [4.78, 5) is 23.7. The van der Waals surface area contributed by atoms with E-state index in [1.807, 2.05) is 48.5 Å². The van der Waals surface area contributed by atoms with Crippen molar-refractivity contribution in [3.05, 3.63) is 89.0 Å². The summed E-state index contributed by atoms with van der Waals surface area (Å²) < 4.78 is 11.3. The van der Waals surface area contributed by atoms with Crippen LogP contribution in [0.15, 0.2) is 66.7 Å². The highest BCUT2D eigenvalue weighted by Gasteiger charge is 2.14. The minimum absolute atomic E-state index is 0.217. The smallest absolute Gasteiger partial charge is 0.336 e. The van der Waals surface area contributed by atoms with Gasteiger partial charge < -0.3 is 26.0 Å². The topological polar surface area (TPSA) is 125 Å². The fourth-order valence-electron chi connectivity index (χ4n) is 5.11. The van der Waals surface area contributed by atoms with Crippen LogP contribution in [0.4, 0.5) is 11.4 Å². The Morgan fingerprint density at radius 1 is 0.750 bits per heavy atom. The van der Waals surface area contributed by atoms with Gasteiger partial charge in [-0.3, -0.25) is 0 Å². The molecule has 0 unspecified atom stereocenters. The molecule has 0 bridgehead atoms. The van der Waals surface area contributed by atoms with Gasteiger partial charge in [0.05, 0.1) is 12.2 Å². The number of nitrogen functional groups attached to an aromatic ring is 2. The third-order valence-electron chi connectivity index (χ3n) is 7.63. The lowest BCUT2D eigenvalue weighted by Gasteiger charge is -2.11. The molecule has 0 radical (unpaired) electrons. The van der Waals surface area contributed by atoms with Crippen LogP contribution in [0, 0.1) is 0 Å². The molecule has 0 amide bonds. The monoisotopic (exact) mass is 600 g/mol. The molecule has 44 heavy (non-hydrogen) atoms. The average molecular weight is 601 g/mol. The Kier molecular flexibility index (Phi) is 14.9. The van der Waals surface area contributed by atoms with E-state index in [9.17, 15) is 14.7 Å². The van der Waals surface area contributed by atoms with E-state index in [0.29, 0.717) is 35.7 Å². The van der Waals surface area contributed by atoms with Gasteiger partial charge in [0, 0.05) is 17.5 Å². The first-order valence-electron chi connectivity index (χ1n) is 16.0. The van der Waals surface area contributed by atoms with Crippen LogP contribution in [0.25, 0.3) is 6.08 Å². The summed E-state index contributed by atoms with van der Waals surface area (Å²) in [6.07, 6.45) is 17.3. The predicted molar refractivity (Wildman–Crippen MR) is 179 cm³/mol. The van der Waals surface area contributed by atoms with Crippen molar-refractivity contribution in [1.29, 1.82) is 0 Å². The molecule has 0 saturated heterocycles. The maximum absolute atomic E-state index is 12.2. The molecule has 0 aliphatic carbocycles. The van der Waals surface area contributed by atoms with Gasteiger partial charge in [-0.05, 0) is 91.3 Å². The van der Waals surface area contributed by atoms with E-state index in [0.717, 1.165) is 62.7 Å². The normalized spacial score (nSPS) is 11.1. The molecular formula is C37H48N2O5. The average Bonchev–Trinajstić information content (AvgIpc) is 3.01. The largest absolute Gasteiger partial charge is 0.494 e. The number of carboxylic acids is 1. The molecule has 0 heterocycles. The number of carboxylic acid groups (broad SMARTS) is 1. The number of anilines is 2. The molecule has 236 valence electrons. The highest BCUT2D eigenvalue weighted by molar-refractivity contribution is 5.92. The van der Waals surface area contributed by atoms with Crippen molar-refractivity contribution in [2.75, 3.05) is 18.1 Å². The zero-order valence-electron chi connectivity index (χ0n) is 26.1. The van der Waals surface area contributed by atoms with Gasteiger partial charge in [-0.25, -0.2) is 9.59 Å². The quantitative estimate of drug-likeness (QED) is 0.0390. The second kappa shape index (κ2) is 19.1. The summed E-state index contributed by atoms with van der Waals surface area (Å²) in [5.74, 6) is -0.00652. The number of hydrogen-bond donors (Lipinski definition) is 3. The van der Waals surface area contributed by atoms with Crippen molar-refractivity contribution in [2.45, 2.75) is 90.4 Å². The van der Waals surface area contributed by atoms with Crippen LogP contribution >= 0.6 is 0 Å². The summed E-state index contributed by atoms with van der Waals surface area (Å²) in [6, 6.07) is 18.5. The van der Waals surface area contributed by atoms with Gasteiger partial charge in [0.1, 0.15) is 11.5 Å². The van der Waals surface area contributed by atoms with Crippen molar-refractivity contribution in [3.8, 4) is 11.5 Å². The Bertz CT molecular complexity index is 1330. The maximum Gasteiger partial charge on any atom is 0.336 e. The number of rotatable bonds is 20. The summed E-state index contributed by atoms with van der Waals surface area (Å²) in [5.41, 5.74) is 15.7. The molecule has 3 aromatic rings. The van der Waals surface area contributed by atoms with Gasteiger partial charge in [-0.1, -0.05) is 82.6 Å². The van der Waals surface area contributed by atoms with Crippen LogP contribution in [-0.4, -0.2) is 23.7 Å². The Labute approximate surface area is 262 Å². The van der Waals surface area contributed by atoms with Crippen LogP contribution in [0.2, 0.25) is 0 Å². The summed E-state index contributed by atoms with van der Waals surface area (Å²) in [5, 5.41) is 9.41. The molecule has 0 fully saturated rings. The molecule has 0 spiro atoms. The third-order valence-corrected chi connectivity index (χ3v) is 7.63. The number of carbonyl (C=O) groups excluding carboxylic acids is 1. The van der Waals surface area contributed by atoms with Gasteiger partial charge in [0.2, 0.25) is 0 Å². The van der Waals surface area contributed by atoms with E-state index in [1.165, 1.54) is 43.4 Å². The predicted octanol–water partition coefficient (Wildman–Crippen LogP) is 8.64. The number of aromatic carboxylic acids is 1. The van der Waals surface area contributed by atoms with E-state index < -0.39 is 11.9 Å². The zero-order chi connectivity index (χ0) is 31.6. The second-order valence-electron chi connectivity index (χ2n) is 11.3. The molecule has 0 saturated carbocycles. The van der Waals surface area contributed by atoms with Crippen LogP contribution in [0.5, 0.6) is 11.5 Å². The minimum Gasteiger partial charge on any atom is -0.494 e. The van der Waals surface area contributed by atoms with Crippen molar-refractivity contribution in [3.63, 3.8) is 0 Å². The molecule has 0 aliphatic heterocycles. The SMILES string of the molecule is CCCCc1ccc(OC(=O)/C=C/c2ccc(OCCCCCCCCCCCc3c(N)cc(N)cc3C(=O)O)cc2)cc1. The Hall–Kier alpha value is -4.26. The number of aryl methyl sites for hydroxylation is 1. The van der Waals surface area contributed by atoms with Crippen LogP contribution in [0.3, 0.4) is 0 Å². The van der Waals surface area contributed by atoms with E-state index in [-0.39, 0.29) is 5.56 Å². The minimum atomic E-state index is -0.981. The van der Waals surface area contributed by atoms with Crippen molar-refractivity contribution in [1.82, 2.24) is 0 Å². The summed E-state index contributed by atoms with van der Waals surface area (Å²) >= 11 is 0. The van der Waals surface area contributed by atoms with E-state index in [4.69, 9.17) is 20.9 Å². The number of unbranched alkanes of at least 4 members (excludes halogenated alkanes) is 9. The maximum atomic E-state index is 12.2. The molecule has 0 atom stereocenters. The van der Waals surface area contributed by atoms with E-state index in [2.05, 4.69) is 6.92 Å². The van der Waals surface area contributed by atoms with Crippen LogP contribution in [-0.2, 0) is 17.6 Å². The molecule has 7 nitrogen and oxygen atoms in total. The highest BCUT2D eigenvalue weighted by atomic mass is 16.5. The van der Waals surface area contributed by atoms with E-state index >= 15 is 0 Å². The Morgan fingerprint density at radius 3 is 2.00 bits per heavy atom. The lowest BCUT2D eigenvalue weighted by molar-refractivity contribution is -0.128. The molecule has 3 rings (SSSR count). The number of nitrogens with two attached hydrogens (primary N) is 2. The fraction of sp³-hybridized carbons (Fsp3) is 0.405. The number of carbonyl (C=O) groups is 2. The zero-order valence-corrected chi connectivity index (χ0v) is 26.1. The molecule has 3 aromatic carbocycles. The van der Waals surface area contributed by atoms with Gasteiger partial charge >= 0.3 is 11.9 Å². The fourth-order valence-corrected chi connectivity index (χ4v) is 5.11. The number of ether oxygens (including phenoxy) is 2. The summed E-state index contributed by atoms with van der Waals surface area (Å²) in [7, 11) is 0. The van der Waals surface area contributed by atoms with Crippen molar-refractivity contribution in [2.24, 2.45) is 0 Å². The highest BCUT2D eigenvalue weighted by Crippen LogP contribution is 2.24. The lowest BCUT2D eigenvalue weighted by atomic mass is 9.98. The van der Waals surface area contributed by atoms with Crippen molar-refractivity contribution >= 4 is 29.4 Å². The standard InChI is InChI=1S/C37H48N2O5/c1-2-3-13-28-17-22-32(23-18-28)44-36(40)24-19-29-15-20-31(21-16-29)43-25-12-10-8-6-4-5-7-9-11-14-33-34(37(41)42)26-30(38)27-35(33)39/h15-24,26-27H,2-14,25,38-39H2,1H3,(H,41,42)/b24-19+. The van der Waals surface area contributed by atoms with Gasteiger partial charge in [-0.2, -0.15) is 0 Å². The third kappa shape index (κ3) is 12.5. The molecular weight excluding hydrogens is 552 g/mol. The molecule has 7 heteroatoms. The molecule has 0 aromatic heterocycles. The van der Waals surface area contributed by atoms with Gasteiger partial charge in [-0.15, -0.1) is 0 Å². The van der Waals surface area contributed by atoms with E-state index in [1.54, 1.807) is 12.1 Å². The first-order chi connectivity index (χ1) is 21.4. The molecule has 5 N–H and O–H groups in total. The first kappa shape index (κ1) is 34.2. The molecule has 0 aliphatic rings. The number of hydrogen-bond acceptors (Lipinski definition) is 6. The van der Waals surface area contributed by atoms with Crippen LogP contribution < -0.4 is 20.9 Å². The Morgan fingerprint density at radius 2 is 1.36 bits per heavy atom. The van der Waals surface area contributed by atoms with Crippen molar-refractivity contribution < 1.29 is 24.2 Å². The van der Waals surface area contributed by atoms with Crippen LogP contribution in [0.1, 0.15) is 105 Å².